The highest BCUT2D eigenvalue weighted by molar-refractivity contribution is 5.90. The molecule has 27 heavy (non-hydrogen) atoms. The molecule has 144 valence electrons. The summed E-state index contributed by atoms with van der Waals surface area (Å²) < 4.78 is 21.7. The van der Waals surface area contributed by atoms with E-state index in [1.807, 2.05) is 12.1 Å². The van der Waals surface area contributed by atoms with Gasteiger partial charge in [0.2, 0.25) is 5.75 Å². The molecule has 2 aromatic carbocycles. The van der Waals surface area contributed by atoms with Crippen LogP contribution in [0.15, 0.2) is 36.4 Å². The zero-order valence-corrected chi connectivity index (χ0v) is 15.7. The van der Waals surface area contributed by atoms with Crippen molar-refractivity contribution in [1.82, 2.24) is 5.32 Å². The monoisotopic (exact) mass is 372 g/mol. The van der Waals surface area contributed by atoms with E-state index in [4.69, 9.17) is 18.9 Å². The summed E-state index contributed by atoms with van der Waals surface area (Å²) in [7, 11) is 4.58. The summed E-state index contributed by atoms with van der Waals surface area (Å²) in [6.07, 6.45) is 0.728. The molecule has 1 heterocycles. The van der Waals surface area contributed by atoms with Crippen LogP contribution in [-0.4, -0.2) is 40.0 Å². The predicted molar refractivity (Wildman–Crippen MR) is 102 cm³/mol. The lowest BCUT2D eigenvalue weighted by molar-refractivity contribution is 0.0308. The molecule has 0 aliphatic carbocycles. The van der Waals surface area contributed by atoms with Crippen molar-refractivity contribution in [2.45, 2.75) is 19.1 Å². The number of benzene rings is 2. The van der Waals surface area contributed by atoms with Gasteiger partial charge in [-0.1, -0.05) is 24.3 Å². The van der Waals surface area contributed by atoms with Crippen molar-refractivity contribution < 1.29 is 23.7 Å². The number of carbonyl (C=O) groups is 1. The van der Waals surface area contributed by atoms with Gasteiger partial charge in [0, 0.05) is 25.1 Å². The topological polar surface area (TPSA) is 78.1 Å². The highest BCUT2D eigenvalue weighted by Gasteiger charge is 2.20. The number of amides is 2. The first-order chi connectivity index (χ1) is 13.1. The zero-order chi connectivity index (χ0) is 19.2. The lowest BCUT2D eigenvalue weighted by atomic mass is 9.99. The van der Waals surface area contributed by atoms with Crippen LogP contribution < -0.4 is 24.8 Å². The predicted octanol–water partition coefficient (Wildman–Crippen LogP) is 2.98. The van der Waals surface area contributed by atoms with Crippen molar-refractivity contribution in [3.63, 3.8) is 0 Å². The van der Waals surface area contributed by atoms with E-state index < -0.39 is 0 Å². The van der Waals surface area contributed by atoms with Gasteiger partial charge < -0.3 is 29.6 Å². The molecule has 3 rings (SSSR count). The maximum atomic E-state index is 12.3. The van der Waals surface area contributed by atoms with Crippen molar-refractivity contribution in [3.8, 4) is 17.2 Å². The van der Waals surface area contributed by atoms with Crippen molar-refractivity contribution in [2.75, 3.05) is 33.2 Å². The Balaban J connectivity index is 1.58. The minimum atomic E-state index is -0.327. The molecular formula is C20H24N2O5. The number of anilines is 1. The Morgan fingerprint density at radius 3 is 2.37 bits per heavy atom. The first-order valence-corrected chi connectivity index (χ1v) is 8.67. The maximum Gasteiger partial charge on any atom is 0.319 e. The van der Waals surface area contributed by atoms with E-state index in [1.165, 1.54) is 32.5 Å². The first kappa shape index (κ1) is 18.8. The number of methoxy groups -OCH3 is 3. The highest BCUT2D eigenvalue weighted by Crippen LogP contribution is 2.39. The second-order valence-electron chi connectivity index (χ2n) is 6.15. The Kier molecular flexibility index (Phi) is 6.03. The standard InChI is InChI=1S/C20H24N2O5/c1-24-17-9-15(10-18(25-2)19(17)26-3)22-20(23)21-11-16-8-13-6-4-5-7-14(13)12-27-16/h4-7,9-10,16H,8,11-12H2,1-3H3,(H2,21,22,23). The third kappa shape index (κ3) is 4.43. The van der Waals surface area contributed by atoms with Crippen LogP contribution in [0.2, 0.25) is 0 Å². The average molecular weight is 372 g/mol. The van der Waals surface area contributed by atoms with Crippen molar-refractivity contribution in [1.29, 1.82) is 0 Å². The highest BCUT2D eigenvalue weighted by atomic mass is 16.5. The molecule has 1 aliphatic rings. The number of ether oxygens (including phenoxy) is 4. The van der Waals surface area contributed by atoms with Crippen LogP contribution in [0.5, 0.6) is 17.2 Å². The number of nitrogens with one attached hydrogen (secondary N) is 2. The van der Waals surface area contributed by atoms with Crippen molar-refractivity contribution in [2.24, 2.45) is 0 Å². The van der Waals surface area contributed by atoms with Crippen molar-refractivity contribution >= 4 is 11.7 Å². The van der Waals surface area contributed by atoms with Crippen LogP contribution in [0.25, 0.3) is 0 Å². The molecule has 0 fully saturated rings. The van der Waals surface area contributed by atoms with Gasteiger partial charge in [-0.3, -0.25) is 0 Å². The van der Waals surface area contributed by atoms with E-state index >= 15 is 0 Å². The van der Waals surface area contributed by atoms with Gasteiger partial charge in [-0.15, -0.1) is 0 Å². The van der Waals surface area contributed by atoms with Crippen LogP contribution >= 0.6 is 0 Å². The third-order valence-electron chi connectivity index (χ3n) is 4.45. The summed E-state index contributed by atoms with van der Waals surface area (Å²) in [5.74, 6) is 1.42. The molecule has 2 aromatic rings. The van der Waals surface area contributed by atoms with Gasteiger partial charge in [0.1, 0.15) is 0 Å². The van der Waals surface area contributed by atoms with E-state index in [0.717, 1.165) is 6.42 Å². The molecule has 0 bridgehead atoms. The third-order valence-corrected chi connectivity index (χ3v) is 4.45. The normalized spacial score (nSPS) is 15.4. The van der Waals surface area contributed by atoms with Gasteiger partial charge in [0.05, 0.1) is 39.7 Å². The Labute approximate surface area is 158 Å². The van der Waals surface area contributed by atoms with Gasteiger partial charge in [-0.2, -0.15) is 0 Å². The smallest absolute Gasteiger partial charge is 0.319 e. The van der Waals surface area contributed by atoms with Crippen LogP contribution in [0.3, 0.4) is 0 Å². The van der Waals surface area contributed by atoms with Crippen molar-refractivity contribution in [3.05, 3.63) is 47.5 Å². The molecule has 0 radical (unpaired) electrons. The fraction of sp³-hybridized carbons (Fsp3) is 0.350. The Morgan fingerprint density at radius 2 is 1.74 bits per heavy atom. The molecule has 0 spiro atoms. The summed E-state index contributed by atoms with van der Waals surface area (Å²) in [6, 6.07) is 11.2. The summed E-state index contributed by atoms with van der Waals surface area (Å²) in [6.45, 7) is 0.988. The molecule has 2 N–H and O–H groups in total. The van der Waals surface area contributed by atoms with Gasteiger partial charge in [0.15, 0.2) is 11.5 Å². The SMILES string of the molecule is COc1cc(NC(=O)NCC2Cc3ccccc3CO2)cc(OC)c1OC. The maximum absolute atomic E-state index is 12.3. The Morgan fingerprint density at radius 1 is 1.07 bits per heavy atom. The van der Waals surface area contributed by atoms with Crippen LogP contribution in [-0.2, 0) is 17.8 Å². The van der Waals surface area contributed by atoms with Gasteiger partial charge in [0.25, 0.3) is 0 Å². The minimum absolute atomic E-state index is 0.0504. The molecule has 1 atom stereocenters. The van der Waals surface area contributed by atoms with Crippen LogP contribution in [0.4, 0.5) is 10.5 Å². The summed E-state index contributed by atoms with van der Waals surface area (Å²) >= 11 is 0. The van der Waals surface area contributed by atoms with E-state index in [1.54, 1.807) is 12.1 Å². The summed E-state index contributed by atoms with van der Waals surface area (Å²) in [5.41, 5.74) is 3.01. The van der Waals surface area contributed by atoms with E-state index in [9.17, 15) is 4.79 Å². The molecule has 7 nitrogen and oxygen atoms in total. The molecule has 1 aliphatic heterocycles. The van der Waals surface area contributed by atoms with E-state index in [-0.39, 0.29) is 12.1 Å². The molecule has 0 saturated heterocycles. The van der Waals surface area contributed by atoms with E-state index in [0.29, 0.717) is 36.1 Å². The second kappa shape index (κ2) is 8.64. The van der Waals surface area contributed by atoms with E-state index in [2.05, 4.69) is 22.8 Å². The second-order valence-corrected chi connectivity index (χ2v) is 6.15. The fourth-order valence-electron chi connectivity index (χ4n) is 3.08. The van der Waals surface area contributed by atoms with Crippen LogP contribution in [0.1, 0.15) is 11.1 Å². The van der Waals surface area contributed by atoms with Crippen LogP contribution in [0, 0.1) is 0 Å². The first-order valence-electron chi connectivity index (χ1n) is 8.67. The van der Waals surface area contributed by atoms with Gasteiger partial charge >= 0.3 is 6.03 Å². The molecule has 1 unspecified atom stereocenters. The number of hydrogen-bond acceptors (Lipinski definition) is 5. The van der Waals surface area contributed by atoms with Gasteiger partial charge in [-0.25, -0.2) is 4.79 Å². The zero-order valence-electron chi connectivity index (χ0n) is 15.7. The quantitative estimate of drug-likeness (QED) is 0.815. The fourth-order valence-corrected chi connectivity index (χ4v) is 3.08. The average Bonchev–Trinajstić information content (AvgIpc) is 2.71. The summed E-state index contributed by atoms with van der Waals surface area (Å²) in [5, 5.41) is 5.63. The lowest BCUT2D eigenvalue weighted by Crippen LogP contribution is -2.38. The molecule has 2 amide bonds. The molecule has 0 aromatic heterocycles. The Bertz CT molecular complexity index is 784. The number of fused-ring (bicyclic) bond motifs is 1. The molecule has 0 saturated carbocycles. The molecular weight excluding hydrogens is 348 g/mol. The lowest BCUT2D eigenvalue weighted by Gasteiger charge is -2.25. The number of carbonyl (C=O) groups excluding carboxylic acids is 1. The molecule has 7 heteroatoms. The Hall–Kier alpha value is -2.93. The number of hydrogen-bond donors (Lipinski definition) is 2. The summed E-state index contributed by atoms with van der Waals surface area (Å²) in [4.78, 5) is 12.3. The minimum Gasteiger partial charge on any atom is -0.493 e. The van der Waals surface area contributed by atoms with Gasteiger partial charge in [-0.05, 0) is 11.1 Å². The largest absolute Gasteiger partial charge is 0.493 e. The number of urea groups is 1. The number of rotatable bonds is 6.